The molecule has 2 N–H and O–H groups in total. The Hall–Kier alpha value is -3.19. The first kappa shape index (κ1) is 21.5. The van der Waals surface area contributed by atoms with Crippen molar-refractivity contribution in [2.45, 2.75) is 38.0 Å². The number of nitrogens with zero attached hydrogens (tertiary/aromatic N) is 1. The van der Waals surface area contributed by atoms with Crippen LogP contribution in [0.4, 0.5) is 0 Å². The van der Waals surface area contributed by atoms with Gasteiger partial charge in [0.05, 0.1) is 6.61 Å². The van der Waals surface area contributed by atoms with E-state index < -0.39 is 24.1 Å². The van der Waals surface area contributed by atoms with E-state index in [9.17, 15) is 14.4 Å². The molecule has 2 aromatic carbocycles. The highest BCUT2D eigenvalue weighted by molar-refractivity contribution is 5.97. The molecule has 158 valence electrons. The molecule has 0 aliphatic carbocycles. The molecule has 1 fully saturated rings. The first-order valence-corrected chi connectivity index (χ1v) is 10.1. The molecule has 3 rings (SSSR count). The predicted octanol–water partition coefficient (Wildman–Crippen LogP) is 1.28. The van der Waals surface area contributed by atoms with Crippen molar-refractivity contribution >= 4 is 17.8 Å². The first-order chi connectivity index (χ1) is 14.5. The smallest absolute Gasteiger partial charge is 0.325 e. The molecule has 1 aliphatic heterocycles. The number of nitrogens with one attached hydrogen (secondary N) is 2. The largest absolute Gasteiger partial charge is 0.465 e. The summed E-state index contributed by atoms with van der Waals surface area (Å²) in [5.41, 5.74) is 1.94. The Balaban J connectivity index is 1.68. The average molecular weight is 409 g/mol. The van der Waals surface area contributed by atoms with Gasteiger partial charge in [-0.2, -0.15) is 0 Å². The summed E-state index contributed by atoms with van der Waals surface area (Å²) in [6, 6.07) is 17.1. The number of esters is 1. The number of amides is 2. The summed E-state index contributed by atoms with van der Waals surface area (Å²) in [5, 5.41) is 5.64. The normalized spacial score (nSPS) is 18.2. The van der Waals surface area contributed by atoms with Crippen LogP contribution < -0.4 is 10.6 Å². The van der Waals surface area contributed by atoms with Crippen LogP contribution in [0.1, 0.15) is 18.1 Å². The minimum atomic E-state index is -0.737. The third kappa shape index (κ3) is 5.67. The summed E-state index contributed by atoms with van der Waals surface area (Å²) >= 11 is 0. The summed E-state index contributed by atoms with van der Waals surface area (Å²) in [4.78, 5) is 39.2. The van der Waals surface area contributed by atoms with Crippen molar-refractivity contribution in [1.29, 1.82) is 0 Å². The van der Waals surface area contributed by atoms with Gasteiger partial charge in [-0.05, 0) is 18.1 Å². The summed E-state index contributed by atoms with van der Waals surface area (Å²) < 4.78 is 4.94. The van der Waals surface area contributed by atoms with Crippen LogP contribution in [0.3, 0.4) is 0 Å². The zero-order chi connectivity index (χ0) is 21.5. The Kier molecular flexibility index (Phi) is 7.19. The van der Waals surface area contributed by atoms with Gasteiger partial charge in [0.2, 0.25) is 11.8 Å². The molecule has 0 aromatic heterocycles. The number of rotatable bonds is 9. The number of hydrogen-bond donors (Lipinski definition) is 2. The molecule has 1 heterocycles. The van der Waals surface area contributed by atoms with Gasteiger partial charge >= 0.3 is 5.97 Å². The van der Waals surface area contributed by atoms with Crippen LogP contribution in [-0.2, 0) is 32.1 Å². The number of benzene rings is 2. The number of likely N-dealkylation sites (N-methyl/N-ethyl adjacent to an activating group) is 1. The van der Waals surface area contributed by atoms with Crippen LogP contribution in [0.2, 0.25) is 0 Å². The summed E-state index contributed by atoms with van der Waals surface area (Å²) in [6.07, 6.45) is 0.362. The number of carbonyl (C=O) groups excluding carboxylic acids is 3. The van der Waals surface area contributed by atoms with Gasteiger partial charge in [-0.25, -0.2) is 0 Å². The van der Waals surface area contributed by atoms with E-state index >= 15 is 0 Å². The molecule has 7 heteroatoms. The molecule has 0 bridgehead atoms. The van der Waals surface area contributed by atoms with E-state index in [1.54, 1.807) is 18.9 Å². The molecule has 7 nitrogen and oxygen atoms in total. The van der Waals surface area contributed by atoms with Gasteiger partial charge < -0.3 is 15.0 Å². The van der Waals surface area contributed by atoms with E-state index in [0.29, 0.717) is 13.0 Å². The minimum absolute atomic E-state index is 0.190. The molecule has 30 heavy (non-hydrogen) atoms. The van der Waals surface area contributed by atoms with E-state index in [1.165, 1.54) is 0 Å². The van der Waals surface area contributed by atoms with Gasteiger partial charge in [0.1, 0.15) is 18.1 Å². The fourth-order valence-electron chi connectivity index (χ4n) is 3.31. The second-order valence-corrected chi connectivity index (χ2v) is 7.30. The molecule has 3 atom stereocenters. The Morgan fingerprint density at radius 1 is 1.00 bits per heavy atom. The van der Waals surface area contributed by atoms with Gasteiger partial charge in [-0.1, -0.05) is 60.7 Å². The monoisotopic (exact) mass is 409 g/mol. The highest BCUT2D eigenvalue weighted by Gasteiger charge is 2.49. The summed E-state index contributed by atoms with van der Waals surface area (Å²) in [7, 11) is 1.72. The highest BCUT2D eigenvalue weighted by Crippen LogP contribution is 2.15. The minimum Gasteiger partial charge on any atom is -0.465 e. The van der Waals surface area contributed by atoms with Crippen LogP contribution in [0, 0.1) is 0 Å². The van der Waals surface area contributed by atoms with Crippen LogP contribution >= 0.6 is 0 Å². The zero-order valence-corrected chi connectivity index (χ0v) is 17.2. The lowest BCUT2D eigenvalue weighted by Gasteiger charge is -2.25. The molecule has 1 saturated heterocycles. The van der Waals surface area contributed by atoms with Crippen molar-refractivity contribution in [3.63, 3.8) is 0 Å². The Morgan fingerprint density at radius 2 is 1.60 bits per heavy atom. The number of carbonyl (C=O) groups is 3. The molecule has 2 amide bonds. The van der Waals surface area contributed by atoms with E-state index in [0.717, 1.165) is 11.1 Å². The fraction of sp³-hybridized carbons (Fsp3) is 0.348. The molecule has 2 aromatic rings. The van der Waals surface area contributed by atoms with E-state index in [4.69, 9.17) is 4.74 Å². The summed E-state index contributed by atoms with van der Waals surface area (Å²) in [6.45, 7) is 2.41. The van der Waals surface area contributed by atoms with Gasteiger partial charge in [0.15, 0.2) is 0 Å². The van der Waals surface area contributed by atoms with Crippen molar-refractivity contribution in [2.24, 2.45) is 0 Å². The topological polar surface area (TPSA) is 97.6 Å². The van der Waals surface area contributed by atoms with Crippen molar-refractivity contribution in [3.05, 3.63) is 71.8 Å². The van der Waals surface area contributed by atoms with Crippen molar-refractivity contribution in [3.8, 4) is 0 Å². The summed E-state index contributed by atoms with van der Waals surface area (Å²) in [5.74, 6) is -1.02. The van der Waals surface area contributed by atoms with Gasteiger partial charge in [0, 0.05) is 20.0 Å². The van der Waals surface area contributed by atoms with E-state index in [1.807, 2.05) is 60.7 Å². The third-order valence-electron chi connectivity index (χ3n) is 4.94. The van der Waals surface area contributed by atoms with Crippen molar-refractivity contribution in [2.75, 3.05) is 13.7 Å². The molecular formula is C23H27N3O4. The maximum absolute atomic E-state index is 13.1. The molecule has 1 aliphatic rings. The van der Waals surface area contributed by atoms with Crippen LogP contribution in [0.5, 0.6) is 0 Å². The highest BCUT2D eigenvalue weighted by atomic mass is 16.5. The third-order valence-corrected chi connectivity index (χ3v) is 4.94. The molecule has 0 radical (unpaired) electrons. The second kappa shape index (κ2) is 10.0. The molecule has 0 saturated carbocycles. The number of hydrogen-bond acceptors (Lipinski definition) is 5. The average Bonchev–Trinajstić information content (AvgIpc) is 3.55. The quantitative estimate of drug-likeness (QED) is 0.480. The fourth-order valence-corrected chi connectivity index (χ4v) is 3.31. The molecular weight excluding hydrogens is 382 g/mol. The van der Waals surface area contributed by atoms with Crippen LogP contribution in [0.15, 0.2) is 60.7 Å². The Bertz CT molecular complexity index is 873. The van der Waals surface area contributed by atoms with E-state index in [2.05, 4.69) is 10.6 Å². The van der Waals surface area contributed by atoms with Crippen molar-refractivity contribution < 1.29 is 19.1 Å². The Morgan fingerprint density at radius 3 is 2.20 bits per heavy atom. The molecule has 0 spiro atoms. The molecule has 0 unspecified atom stereocenters. The number of ether oxygens (including phenoxy) is 1. The Labute approximate surface area is 176 Å². The lowest BCUT2D eigenvalue weighted by Crippen LogP contribution is -2.50. The lowest BCUT2D eigenvalue weighted by atomic mass is 10.0. The van der Waals surface area contributed by atoms with Gasteiger partial charge in [-0.15, -0.1) is 0 Å². The van der Waals surface area contributed by atoms with Crippen LogP contribution in [0.25, 0.3) is 0 Å². The predicted molar refractivity (Wildman–Crippen MR) is 112 cm³/mol. The van der Waals surface area contributed by atoms with Crippen LogP contribution in [-0.4, -0.2) is 54.5 Å². The van der Waals surface area contributed by atoms with Gasteiger partial charge in [-0.3, -0.25) is 19.7 Å². The second-order valence-electron chi connectivity index (χ2n) is 7.30. The zero-order valence-electron chi connectivity index (χ0n) is 17.2. The van der Waals surface area contributed by atoms with Crippen molar-refractivity contribution in [1.82, 2.24) is 15.5 Å². The maximum atomic E-state index is 13.1. The standard InChI is InChI=1S/C23H27N3O4/c1-3-30-23(29)20-19(25-20)21(27)24-18(14-16-10-6-4-7-11-16)22(28)26(2)15-17-12-8-5-9-13-17/h4-13,18-20,25H,3,14-15H2,1-2H3,(H,24,27)/t18-,19-,20-/m0/s1. The van der Waals surface area contributed by atoms with Gasteiger partial charge in [0.25, 0.3) is 0 Å². The lowest BCUT2D eigenvalue weighted by molar-refractivity contribution is -0.143. The SMILES string of the molecule is CCOC(=O)[C@H]1N[C@@H]1C(=O)N[C@@H](Cc1ccccc1)C(=O)N(C)Cc1ccccc1. The first-order valence-electron chi connectivity index (χ1n) is 10.1. The van der Waals surface area contributed by atoms with E-state index in [-0.39, 0.29) is 18.4 Å². The maximum Gasteiger partial charge on any atom is 0.325 e.